The van der Waals surface area contributed by atoms with Crippen molar-refractivity contribution < 1.29 is 9.59 Å². The summed E-state index contributed by atoms with van der Waals surface area (Å²) in [5, 5.41) is 10.1. The van der Waals surface area contributed by atoms with Crippen LogP contribution in [0, 0.1) is 12.8 Å². The van der Waals surface area contributed by atoms with Crippen LogP contribution in [0.1, 0.15) is 24.8 Å². The summed E-state index contributed by atoms with van der Waals surface area (Å²) in [7, 11) is 0. The maximum absolute atomic E-state index is 12.7. The number of anilines is 1. The molecule has 2 aliphatic rings. The molecule has 0 saturated carbocycles. The summed E-state index contributed by atoms with van der Waals surface area (Å²) in [6.45, 7) is 7.91. The topological polar surface area (TPSA) is 69.6 Å². The maximum atomic E-state index is 12.7. The second kappa shape index (κ2) is 6.82. The second-order valence-electron chi connectivity index (χ2n) is 6.22. The zero-order valence-electron chi connectivity index (χ0n) is 13.7. The lowest BCUT2D eigenvalue weighted by atomic mass is 9.96. The predicted octanol–water partition coefficient (Wildman–Crippen LogP) is 0.754. The molecule has 1 atom stereocenters. The molecule has 0 aromatic carbocycles. The average molecular weight is 337 g/mol. The number of aryl methyl sites for hydroxylation is 1. The van der Waals surface area contributed by atoms with Crippen LogP contribution >= 0.6 is 11.3 Å². The largest absolute Gasteiger partial charge is 0.343 e. The van der Waals surface area contributed by atoms with Crippen LogP contribution in [0.5, 0.6) is 0 Å². The molecule has 0 aliphatic carbocycles. The molecule has 8 heteroatoms. The lowest BCUT2D eigenvalue weighted by Gasteiger charge is -2.38. The first-order chi connectivity index (χ1) is 11.0. The van der Waals surface area contributed by atoms with Gasteiger partial charge in [0.15, 0.2) is 0 Å². The number of aromatic nitrogens is 2. The molecule has 2 saturated heterocycles. The zero-order valence-corrected chi connectivity index (χ0v) is 14.5. The molecule has 3 heterocycles. The van der Waals surface area contributed by atoms with Gasteiger partial charge in [-0.3, -0.25) is 9.59 Å². The van der Waals surface area contributed by atoms with Crippen LogP contribution in [-0.2, 0) is 9.59 Å². The van der Waals surface area contributed by atoms with E-state index in [2.05, 4.69) is 15.1 Å². The smallest absolute Gasteiger partial charge is 0.227 e. The Hall–Kier alpha value is -1.70. The Morgan fingerprint density at radius 2 is 1.83 bits per heavy atom. The quantitative estimate of drug-likeness (QED) is 0.797. The van der Waals surface area contributed by atoms with Crippen LogP contribution in [0.2, 0.25) is 0 Å². The van der Waals surface area contributed by atoms with Crippen molar-refractivity contribution in [1.82, 2.24) is 20.0 Å². The molecular formula is C15H23N5O2S. The number of carbonyl (C=O) groups is 2. The van der Waals surface area contributed by atoms with E-state index in [0.717, 1.165) is 42.6 Å². The van der Waals surface area contributed by atoms with Crippen molar-refractivity contribution in [3.8, 4) is 0 Å². The van der Waals surface area contributed by atoms with E-state index < -0.39 is 0 Å². The van der Waals surface area contributed by atoms with Gasteiger partial charge in [0.25, 0.3) is 0 Å². The fourth-order valence-electron chi connectivity index (χ4n) is 3.25. The van der Waals surface area contributed by atoms with Gasteiger partial charge in [-0.25, -0.2) is 0 Å². The van der Waals surface area contributed by atoms with Gasteiger partial charge in [-0.15, -0.1) is 10.2 Å². The number of likely N-dealkylation sites (tertiary alicyclic amines) is 1. The third-order valence-corrected chi connectivity index (χ3v) is 5.49. The number of nitrogens with zero attached hydrogens (tertiary/aromatic N) is 5. The minimum absolute atomic E-state index is 0.0389. The average Bonchev–Trinajstić information content (AvgIpc) is 3.01. The molecule has 23 heavy (non-hydrogen) atoms. The highest BCUT2D eigenvalue weighted by molar-refractivity contribution is 7.15. The Labute approximate surface area is 140 Å². The third kappa shape index (κ3) is 3.63. The molecule has 0 bridgehead atoms. The van der Waals surface area contributed by atoms with E-state index >= 15 is 0 Å². The molecule has 1 unspecified atom stereocenters. The molecule has 3 rings (SSSR count). The molecule has 0 spiro atoms. The van der Waals surface area contributed by atoms with Gasteiger partial charge in [0, 0.05) is 46.2 Å². The normalized spacial score (nSPS) is 22.3. The van der Waals surface area contributed by atoms with Crippen LogP contribution in [-0.4, -0.2) is 71.1 Å². The van der Waals surface area contributed by atoms with E-state index in [1.165, 1.54) is 0 Å². The van der Waals surface area contributed by atoms with Crippen LogP contribution in [0.25, 0.3) is 0 Å². The van der Waals surface area contributed by atoms with Gasteiger partial charge >= 0.3 is 0 Å². The van der Waals surface area contributed by atoms with Crippen molar-refractivity contribution >= 4 is 28.3 Å². The van der Waals surface area contributed by atoms with Gasteiger partial charge in [0.05, 0.1) is 5.92 Å². The zero-order chi connectivity index (χ0) is 16.4. The lowest BCUT2D eigenvalue weighted by molar-refractivity contribution is -0.140. The Balaban J connectivity index is 1.54. The van der Waals surface area contributed by atoms with Crippen LogP contribution in [0.3, 0.4) is 0 Å². The summed E-state index contributed by atoms with van der Waals surface area (Å²) < 4.78 is 0. The van der Waals surface area contributed by atoms with Gasteiger partial charge in [0.1, 0.15) is 5.01 Å². The van der Waals surface area contributed by atoms with E-state index in [4.69, 9.17) is 0 Å². The Kier molecular flexibility index (Phi) is 4.79. The molecule has 1 aromatic heterocycles. The predicted molar refractivity (Wildman–Crippen MR) is 88.4 cm³/mol. The molecule has 2 amide bonds. The van der Waals surface area contributed by atoms with Crippen LogP contribution in [0.15, 0.2) is 0 Å². The number of hydrogen-bond acceptors (Lipinski definition) is 6. The summed E-state index contributed by atoms with van der Waals surface area (Å²) in [5.41, 5.74) is 0. The lowest BCUT2D eigenvalue weighted by Crippen LogP contribution is -2.53. The monoisotopic (exact) mass is 337 g/mol. The summed E-state index contributed by atoms with van der Waals surface area (Å²) in [4.78, 5) is 30.2. The number of amides is 2. The van der Waals surface area contributed by atoms with Crippen LogP contribution in [0.4, 0.5) is 5.13 Å². The molecule has 126 valence electrons. The number of piperidine rings is 1. The maximum Gasteiger partial charge on any atom is 0.227 e. The fraction of sp³-hybridized carbons (Fsp3) is 0.733. The summed E-state index contributed by atoms with van der Waals surface area (Å²) >= 11 is 1.59. The second-order valence-corrected chi connectivity index (χ2v) is 7.38. The Morgan fingerprint density at radius 1 is 1.09 bits per heavy atom. The minimum atomic E-state index is -0.0389. The van der Waals surface area contributed by atoms with Gasteiger partial charge in [0.2, 0.25) is 16.9 Å². The van der Waals surface area contributed by atoms with Crippen molar-refractivity contribution in [2.24, 2.45) is 5.92 Å². The number of rotatable bonds is 2. The fourth-order valence-corrected chi connectivity index (χ4v) is 3.99. The van der Waals surface area contributed by atoms with Crippen LogP contribution < -0.4 is 4.90 Å². The van der Waals surface area contributed by atoms with E-state index in [1.807, 2.05) is 11.8 Å². The number of piperazine rings is 1. The van der Waals surface area contributed by atoms with E-state index in [0.29, 0.717) is 19.6 Å². The summed E-state index contributed by atoms with van der Waals surface area (Å²) in [6.07, 6.45) is 1.80. The highest BCUT2D eigenvalue weighted by Crippen LogP contribution is 2.23. The van der Waals surface area contributed by atoms with E-state index in [-0.39, 0.29) is 17.7 Å². The molecule has 0 radical (unpaired) electrons. The molecule has 2 fully saturated rings. The van der Waals surface area contributed by atoms with Crippen molar-refractivity contribution in [2.75, 3.05) is 44.2 Å². The summed E-state index contributed by atoms with van der Waals surface area (Å²) in [6, 6.07) is 0. The number of carbonyl (C=O) groups excluding carboxylic acids is 2. The SMILES string of the molecule is CC(=O)N1CCCC(C(=O)N2CCN(c3nnc(C)s3)CC2)C1. The van der Waals surface area contributed by atoms with Crippen molar-refractivity contribution in [3.63, 3.8) is 0 Å². The minimum Gasteiger partial charge on any atom is -0.343 e. The molecule has 7 nitrogen and oxygen atoms in total. The van der Waals surface area contributed by atoms with Gasteiger partial charge in [-0.05, 0) is 19.8 Å². The van der Waals surface area contributed by atoms with Gasteiger partial charge in [-0.2, -0.15) is 0 Å². The highest BCUT2D eigenvalue weighted by atomic mass is 32.1. The molecule has 2 aliphatic heterocycles. The van der Waals surface area contributed by atoms with E-state index in [1.54, 1.807) is 23.2 Å². The number of hydrogen-bond donors (Lipinski definition) is 0. The van der Waals surface area contributed by atoms with Crippen molar-refractivity contribution in [3.05, 3.63) is 5.01 Å². The highest BCUT2D eigenvalue weighted by Gasteiger charge is 2.32. The Bertz CT molecular complexity index is 582. The first-order valence-corrected chi connectivity index (χ1v) is 8.95. The standard InChI is InChI=1S/C15H23N5O2S/c1-11-16-17-15(23-11)19-8-6-18(7-9-19)14(22)13-4-3-5-20(10-13)12(2)21/h13H,3-10H2,1-2H3. The third-order valence-electron chi connectivity index (χ3n) is 4.59. The first-order valence-electron chi connectivity index (χ1n) is 8.14. The summed E-state index contributed by atoms with van der Waals surface area (Å²) in [5.74, 6) is 0.228. The molecule has 0 N–H and O–H groups in total. The molecule has 1 aromatic rings. The van der Waals surface area contributed by atoms with Gasteiger partial charge < -0.3 is 14.7 Å². The molecular weight excluding hydrogens is 314 g/mol. The van der Waals surface area contributed by atoms with Crippen molar-refractivity contribution in [2.45, 2.75) is 26.7 Å². The van der Waals surface area contributed by atoms with Crippen molar-refractivity contribution in [1.29, 1.82) is 0 Å². The first kappa shape index (κ1) is 16.2. The van der Waals surface area contributed by atoms with Gasteiger partial charge in [-0.1, -0.05) is 11.3 Å². The van der Waals surface area contributed by atoms with E-state index in [9.17, 15) is 9.59 Å². The Morgan fingerprint density at radius 3 is 2.43 bits per heavy atom.